The fraction of sp³-hybridized carbons (Fsp3) is 0.0769. The largest absolute Gasteiger partial charge is 0.465 e. The molecular weight excluding hydrogens is 216 g/mol. The van der Waals surface area contributed by atoms with Gasteiger partial charge in [-0.05, 0) is 30.3 Å². The molecule has 0 saturated carbocycles. The van der Waals surface area contributed by atoms with Crippen LogP contribution in [-0.4, -0.2) is 10.9 Å². The van der Waals surface area contributed by atoms with Gasteiger partial charge in [-0.1, -0.05) is 6.07 Å². The summed E-state index contributed by atoms with van der Waals surface area (Å²) < 4.78 is 5.07. The van der Waals surface area contributed by atoms with Gasteiger partial charge >= 0.3 is 0 Å². The van der Waals surface area contributed by atoms with Crippen molar-refractivity contribution in [2.24, 2.45) is 0 Å². The third-order valence-corrected chi connectivity index (χ3v) is 2.11. The van der Waals surface area contributed by atoms with E-state index in [4.69, 9.17) is 4.42 Å². The minimum Gasteiger partial charge on any atom is -0.465 e. The number of hydrogen-bond acceptors (Lipinski definition) is 3. The van der Waals surface area contributed by atoms with E-state index in [0.29, 0.717) is 12.3 Å². The Morgan fingerprint density at radius 3 is 3.00 bits per heavy atom. The monoisotopic (exact) mass is 228 g/mol. The molecule has 0 radical (unpaired) electrons. The van der Waals surface area contributed by atoms with Crippen LogP contribution in [0.1, 0.15) is 11.5 Å². The zero-order valence-corrected chi connectivity index (χ0v) is 9.17. The van der Waals surface area contributed by atoms with Crippen LogP contribution < -0.4 is 5.32 Å². The van der Waals surface area contributed by atoms with Gasteiger partial charge in [0.2, 0.25) is 5.91 Å². The van der Waals surface area contributed by atoms with E-state index in [1.54, 1.807) is 30.7 Å². The van der Waals surface area contributed by atoms with Crippen LogP contribution in [0.2, 0.25) is 0 Å². The lowest BCUT2D eigenvalue weighted by atomic mass is 10.3. The summed E-state index contributed by atoms with van der Waals surface area (Å²) in [6.07, 6.45) is 6.31. The first-order chi connectivity index (χ1) is 8.34. The first kappa shape index (κ1) is 11.1. The Balaban J connectivity index is 1.82. The number of furan rings is 1. The summed E-state index contributed by atoms with van der Waals surface area (Å²) in [7, 11) is 0. The van der Waals surface area contributed by atoms with Crippen molar-refractivity contribution in [3.8, 4) is 0 Å². The molecule has 0 spiro atoms. The van der Waals surface area contributed by atoms with Crippen LogP contribution in [0.5, 0.6) is 0 Å². The fourth-order valence-corrected chi connectivity index (χ4v) is 1.28. The van der Waals surface area contributed by atoms with Gasteiger partial charge in [0, 0.05) is 12.3 Å². The number of rotatable bonds is 4. The number of pyridine rings is 1. The van der Waals surface area contributed by atoms with Gasteiger partial charge < -0.3 is 9.73 Å². The summed E-state index contributed by atoms with van der Waals surface area (Å²) in [5.41, 5.74) is 0.826. The molecule has 4 nitrogen and oxygen atoms in total. The highest BCUT2D eigenvalue weighted by Gasteiger charge is 1.97. The second-order valence-corrected chi connectivity index (χ2v) is 3.39. The van der Waals surface area contributed by atoms with Crippen molar-refractivity contribution in [3.05, 3.63) is 60.3 Å². The van der Waals surface area contributed by atoms with E-state index in [1.807, 2.05) is 18.2 Å². The SMILES string of the molecule is O=C(/C=C/c1ccco1)NCc1ccccn1. The average molecular weight is 228 g/mol. The zero-order valence-electron chi connectivity index (χ0n) is 9.17. The topological polar surface area (TPSA) is 55.1 Å². The molecule has 0 fully saturated rings. The summed E-state index contributed by atoms with van der Waals surface area (Å²) in [6, 6.07) is 9.12. The van der Waals surface area contributed by atoms with Crippen molar-refractivity contribution < 1.29 is 9.21 Å². The standard InChI is InChI=1S/C13H12N2O2/c16-13(7-6-12-5-3-9-17-12)15-10-11-4-1-2-8-14-11/h1-9H,10H2,(H,15,16)/b7-6+. The van der Waals surface area contributed by atoms with E-state index >= 15 is 0 Å². The number of carbonyl (C=O) groups excluding carboxylic acids is 1. The molecule has 2 aromatic heterocycles. The predicted octanol–water partition coefficient (Wildman–Crippen LogP) is 2.00. The highest BCUT2D eigenvalue weighted by molar-refractivity contribution is 5.91. The smallest absolute Gasteiger partial charge is 0.244 e. The lowest BCUT2D eigenvalue weighted by Crippen LogP contribution is -2.20. The van der Waals surface area contributed by atoms with Gasteiger partial charge in [0.25, 0.3) is 0 Å². The van der Waals surface area contributed by atoms with Gasteiger partial charge in [-0.25, -0.2) is 0 Å². The Bertz CT molecular complexity index is 489. The highest BCUT2D eigenvalue weighted by atomic mass is 16.3. The van der Waals surface area contributed by atoms with Crippen LogP contribution in [0.3, 0.4) is 0 Å². The maximum absolute atomic E-state index is 11.4. The third-order valence-electron chi connectivity index (χ3n) is 2.11. The highest BCUT2D eigenvalue weighted by Crippen LogP contribution is 2.01. The van der Waals surface area contributed by atoms with Gasteiger partial charge in [-0.15, -0.1) is 0 Å². The summed E-state index contributed by atoms with van der Waals surface area (Å²) in [6.45, 7) is 0.419. The van der Waals surface area contributed by atoms with E-state index in [1.165, 1.54) is 6.08 Å². The van der Waals surface area contributed by atoms with Crippen molar-refractivity contribution in [1.82, 2.24) is 10.3 Å². The lowest BCUT2D eigenvalue weighted by Gasteiger charge is -2.00. The average Bonchev–Trinajstić information content (AvgIpc) is 2.88. The van der Waals surface area contributed by atoms with Crippen molar-refractivity contribution in [2.75, 3.05) is 0 Å². The lowest BCUT2D eigenvalue weighted by molar-refractivity contribution is -0.116. The van der Waals surface area contributed by atoms with E-state index in [9.17, 15) is 4.79 Å². The molecule has 0 unspecified atom stereocenters. The van der Waals surface area contributed by atoms with Crippen LogP contribution >= 0.6 is 0 Å². The first-order valence-corrected chi connectivity index (χ1v) is 5.24. The molecule has 0 saturated heterocycles. The van der Waals surface area contributed by atoms with Crippen molar-refractivity contribution in [2.45, 2.75) is 6.54 Å². The zero-order chi connectivity index (χ0) is 11.9. The summed E-state index contributed by atoms with van der Waals surface area (Å²) in [5, 5.41) is 2.73. The molecule has 17 heavy (non-hydrogen) atoms. The summed E-state index contributed by atoms with van der Waals surface area (Å²) in [5.74, 6) is 0.477. The van der Waals surface area contributed by atoms with Crippen LogP contribution in [0.15, 0.2) is 53.3 Å². The Hall–Kier alpha value is -2.36. The molecule has 4 heteroatoms. The van der Waals surface area contributed by atoms with Gasteiger partial charge in [0.15, 0.2) is 0 Å². The van der Waals surface area contributed by atoms with E-state index in [0.717, 1.165) is 5.69 Å². The molecule has 0 atom stereocenters. The molecule has 1 N–H and O–H groups in total. The Kier molecular flexibility index (Phi) is 3.70. The molecule has 2 rings (SSSR count). The fourth-order valence-electron chi connectivity index (χ4n) is 1.28. The Morgan fingerprint density at radius 1 is 1.35 bits per heavy atom. The third kappa shape index (κ3) is 3.61. The van der Waals surface area contributed by atoms with Gasteiger partial charge in [0.05, 0.1) is 18.5 Å². The van der Waals surface area contributed by atoms with E-state index in [-0.39, 0.29) is 5.91 Å². The predicted molar refractivity (Wildman–Crippen MR) is 63.8 cm³/mol. The van der Waals surface area contributed by atoms with Crippen LogP contribution in [0.4, 0.5) is 0 Å². The van der Waals surface area contributed by atoms with Gasteiger partial charge in [-0.2, -0.15) is 0 Å². The molecule has 0 aliphatic heterocycles. The first-order valence-electron chi connectivity index (χ1n) is 5.24. The number of carbonyl (C=O) groups is 1. The molecule has 0 bridgehead atoms. The minimum absolute atomic E-state index is 0.174. The van der Waals surface area contributed by atoms with E-state index < -0.39 is 0 Å². The number of nitrogens with zero attached hydrogens (tertiary/aromatic N) is 1. The number of amides is 1. The van der Waals surface area contributed by atoms with Crippen molar-refractivity contribution >= 4 is 12.0 Å². The molecule has 2 aromatic rings. The molecule has 0 aromatic carbocycles. The second kappa shape index (κ2) is 5.65. The minimum atomic E-state index is -0.174. The number of nitrogens with one attached hydrogen (secondary N) is 1. The van der Waals surface area contributed by atoms with Crippen LogP contribution in [0.25, 0.3) is 6.08 Å². The summed E-state index contributed by atoms with van der Waals surface area (Å²) in [4.78, 5) is 15.5. The second-order valence-electron chi connectivity index (χ2n) is 3.39. The molecule has 0 aliphatic rings. The molecule has 1 amide bonds. The van der Waals surface area contributed by atoms with E-state index in [2.05, 4.69) is 10.3 Å². The number of hydrogen-bond donors (Lipinski definition) is 1. The Labute approximate surface area is 99.0 Å². The maximum Gasteiger partial charge on any atom is 0.244 e. The van der Waals surface area contributed by atoms with Crippen molar-refractivity contribution in [3.63, 3.8) is 0 Å². The molecule has 86 valence electrons. The normalized spacial score (nSPS) is 10.6. The van der Waals surface area contributed by atoms with Crippen LogP contribution in [0, 0.1) is 0 Å². The van der Waals surface area contributed by atoms with Crippen molar-refractivity contribution in [1.29, 1.82) is 0 Å². The maximum atomic E-state index is 11.4. The number of aromatic nitrogens is 1. The summed E-state index contributed by atoms with van der Waals surface area (Å²) >= 11 is 0. The Morgan fingerprint density at radius 2 is 2.29 bits per heavy atom. The quantitative estimate of drug-likeness (QED) is 0.814. The van der Waals surface area contributed by atoms with Gasteiger partial charge in [-0.3, -0.25) is 9.78 Å². The molecule has 2 heterocycles. The van der Waals surface area contributed by atoms with Gasteiger partial charge in [0.1, 0.15) is 5.76 Å². The van der Waals surface area contributed by atoms with Crippen LogP contribution in [-0.2, 0) is 11.3 Å². The molecular formula is C13H12N2O2. The molecule has 0 aliphatic carbocycles.